The third-order valence-electron chi connectivity index (χ3n) is 1.73. The highest BCUT2D eigenvalue weighted by Crippen LogP contribution is 2.56. The van der Waals surface area contributed by atoms with Crippen LogP contribution in [-0.2, 0) is 23.1 Å². The van der Waals surface area contributed by atoms with Crippen molar-refractivity contribution in [1.29, 1.82) is 0 Å². The van der Waals surface area contributed by atoms with E-state index in [9.17, 15) is 9.36 Å². The van der Waals surface area contributed by atoms with Gasteiger partial charge in [0.2, 0.25) is 0 Å². The fraction of sp³-hybridized carbons (Fsp3) is 0.625. The minimum atomic E-state index is -3.51. The van der Waals surface area contributed by atoms with E-state index in [-0.39, 0.29) is 11.1 Å². The largest absolute Gasteiger partial charge is 0.500 e. The average molecular weight is 222 g/mol. The molecule has 0 aromatic heterocycles. The summed E-state index contributed by atoms with van der Waals surface area (Å²) in [5, 5.41) is -0.0509. The van der Waals surface area contributed by atoms with Crippen LogP contribution >= 0.6 is 7.60 Å². The molecule has 0 unspecified atom stereocenters. The summed E-state index contributed by atoms with van der Waals surface area (Å²) in [6.45, 7) is 2.81. The lowest BCUT2D eigenvalue weighted by molar-refractivity contribution is -0.113. The number of rotatable bonds is 5. The lowest BCUT2D eigenvalue weighted by Crippen LogP contribution is -2.05. The predicted molar refractivity (Wildman–Crippen MR) is 52.0 cm³/mol. The molecule has 0 aliphatic heterocycles. The van der Waals surface area contributed by atoms with E-state index < -0.39 is 13.4 Å². The Morgan fingerprint density at radius 1 is 1.07 bits per heavy atom. The van der Waals surface area contributed by atoms with E-state index >= 15 is 0 Å². The summed E-state index contributed by atoms with van der Waals surface area (Å²) in [5.74, 6) is -0.152. The van der Waals surface area contributed by atoms with Crippen molar-refractivity contribution in [2.24, 2.45) is 0 Å². The van der Waals surface area contributed by atoms with Gasteiger partial charge in [0.15, 0.2) is 5.78 Å². The van der Waals surface area contributed by atoms with Gasteiger partial charge >= 0.3 is 7.60 Å². The summed E-state index contributed by atoms with van der Waals surface area (Å²) >= 11 is 0. The summed E-state index contributed by atoms with van der Waals surface area (Å²) in [5.41, 5.74) is 0. The number of ketones is 1. The molecule has 6 heteroatoms. The van der Waals surface area contributed by atoms with Gasteiger partial charge in [0.05, 0.1) is 7.11 Å². The van der Waals surface area contributed by atoms with Gasteiger partial charge in [-0.1, -0.05) is 0 Å². The van der Waals surface area contributed by atoms with Gasteiger partial charge in [-0.2, -0.15) is 0 Å². The molecule has 0 rings (SSSR count). The molecular formula is C8H15O5P. The van der Waals surface area contributed by atoms with Crippen LogP contribution in [0.3, 0.4) is 0 Å². The van der Waals surface area contributed by atoms with E-state index in [4.69, 9.17) is 13.8 Å². The number of hydrogen-bond donors (Lipinski definition) is 0. The maximum absolute atomic E-state index is 11.9. The molecule has 0 amide bonds. The Morgan fingerprint density at radius 3 is 1.71 bits per heavy atom. The SMILES string of the molecule is CO/C(C)=C(\C(C)=O)P(=O)(OC)OC. The number of Topliss-reactive ketones (excluding diaryl/α,β-unsaturated/α-hetero) is 1. The van der Waals surface area contributed by atoms with Crippen LogP contribution in [0.15, 0.2) is 11.1 Å². The summed E-state index contributed by atoms with van der Waals surface area (Å²) < 4.78 is 26.2. The van der Waals surface area contributed by atoms with E-state index in [0.717, 1.165) is 0 Å². The van der Waals surface area contributed by atoms with E-state index in [1.165, 1.54) is 35.2 Å². The number of allylic oxidation sites excluding steroid dienone is 2. The van der Waals surface area contributed by atoms with Crippen molar-refractivity contribution in [2.75, 3.05) is 21.3 Å². The van der Waals surface area contributed by atoms with Crippen LogP contribution in [0.5, 0.6) is 0 Å². The summed E-state index contributed by atoms with van der Waals surface area (Å²) in [6.07, 6.45) is 0. The van der Waals surface area contributed by atoms with Crippen LogP contribution < -0.4 is 0 Å². The van der Waals surface area contributed by atoms with Gasteiger partial charge in [-0.05, 0) is 13.8 Å². The van der Waals surface area contributed by atoms with Crippen molar-refractivity contribution in [3.05, 3.63) is 11.1 Å². The van der Waals surface area contributed by atoms with Crippen molar-refractivity contribution in [3.8, 4) is 0 Å². The minimum absolute atomic E-state index is 0.0509. The number of carbonyl (C=O) groups excluding carboxylic acids is 1. The van der Waals surface area contributed by atoms with Crippen LogP contribution in [0.1, 0.15) is 13.8 Å². The van der Waals surface area contributed by atoms with Gasteiger partial charge in [-0.3, -0.25) is 9.36 Å². The Labute approximate surface area is 83.6 Å². The maximum atomic E-state index is 11.9. The van der Waals surface area contributed by atoms with Crippen molar-refractivity contribution in [3.63, 3.8) is 0 Å². The molecule has 0 fully saturated rings. The maximum Gasteiger partial charge on any atom is 0.367 e. The molecule has 0 bridgehead atoms. The topological polar surface area (TPSA) is 61.8 Å². The summed E-state index contributed by atoms with van der Waals surface area (Å²) in [6, 6.07) is 0. The summed E-state index contributed by atoms with van der Waals surface area (Å²) in [7, 11) is 0.305. The zero-order chi connectivity index (χ0) is 11.4. The molecule has 5 nitrogen and oxygen atoms in total. The van der Waals surface area contributed by atoms with Gasteiger partial charge in [-0.15, -0.1) is 0 Å². The number of ether oxygens (including phenoxy) is 1. The molecule has 0 aromatic carbocycles. The molecule has 82 valence electrons. The Bertz CT molecular complexity index is 286. The second-order valence-corrected chi connectivity index (χ2v) is 4.70. The van der Waals surface area contributed by atoms with Gasteiger partial charge in [-0.25, -0.2) is 0 Å². The van der Waals surface area contributed by atoms with Crippen LogP contribution in [0.4, 0.5) is 0 Å². The highest BCUT2D eigenvalue weighted by atomic mass is 31.2. The van der Waals surface area contributed by atoms with Gasteiger partial charge in [0.25, 0.3) is 0 Å². The van der Waals surface area contributed by atoms with E-state index in [2.05, 4.69) is 0 Å². The molecular weight excluding hydrogens is 207 g/mol. The highest BCUT2D eigenvalue weighted by molar-refractivity contribution is 7.60. The molecule has 0 aromatic rings. The molecule has 0 heterocycles. The molecule has 0 saturated heterocycles. The molecule has 0 saturated carbocycles. The first kappa shape index (κ1) is 13.4. The lowest BCUT2D eigenvalue weighted by atomic mass is 10.4. The van der Waals surface area contributed by atoms with Crippen molar-refractivity contribution in [1.82, 2.24) is 0 Å². The third-order valence-corrected chi connectivity index (χ3v) is 3.87. The average Bonchev–Trinajstić information content (AvgIpc) is 2.16. The normalized spacial score (nSPS) is 13.5. The Balaban J connectivity index is 5.44. The second kappa shape index (κ2) is 5.29. The Morgan fingerprint density at radius 2 is 1.50 bits per heavy atom. The Hall–Kier alpha value is -0.640. The van der Waals surface area contributed by atoms with Gasteiger partial charge < -0.3 is 13.8 Å². The lowest BCUT2D eigenvalue weighted by Gasteiger charge is -2.16. The van der Waals surface area contributed by atoms with E-state index in [1.54, 1.807) is 0 Å². The van der Waals surface area contributed by atoms with Crippen LogP contribution in [0.2, 0.25) is 0 Å². The number of methoxy groups -OCH3 is 1. The predicted octanol–water partition coefficient (Wildman–Crippen LogP) is 1.94. The van der Waals surface area contributed by atoms with Crippen molar-refractivity contribution >= 4 is 13.4 Å². The van der Waals surface area contributed by atoms with Crippen molar-refractivity contribution < 1.29 is 23.1 Å². The standard InChI is InChI=1S/C8H15O5P/c1-6(9)8(7(2)11-3)14(10,12-4)13-5/h1-5H3/b8-7+. The molecule has 0 atom stereocenters. The van der Waals surface area contributed by atoms with E-state index in [1.807, 2.05) is 0 Å². The third kappa shape index (κ3) is 2.67. The first-order chi connectivity index (χ1) is 6.42. The number of hydrogen-bond acceptors (Lipinski definition) is 5. The van der Waals surface area contributed by atoms with Gasteiger partial charge in [0, 0.05) is 14.2 Å². The minimum Gasteiger partial charge on any atom is -0.500 e. The molecule has 0 N–H and O–H groups in total. The molecule has 0 aliphatic rings. The Kier molecular flexibility index (Phi) is 5.05. The first-order valence-corrected chi connectivity index (χ1v) is 5.45. The van der Waals surface area contributed by atoms with Gasteiger partial charge in [0.1, 0.15) is 11.1 Å². The second-order valence-electron chi connectivity index (χ2n) is 2.53. The molecule has 14 heavy (non-hydrogen) atoms. The zero-order valence-electron chi connectivity index (χ0n) is 8.99. The zero-order valence-corrected chi connectivity index (χ0v) is 9.88. The smallest absolute Gasteiger partial charge is 0.367 e. The molecule has 0 radical (unpaired) electrons. The van der Waals surface area contributed by atoms with E-state index in [0.29, 0.717) is 0 Å². The van der Waals surface area contributed by atoms with Crippen LogP contribution in [0.25, 0.3) is 0 Å². The highest BCUT2D eigenvalue weighted by Gasteiger charge is 2.33. The monoisotopic (exact) mass is 222 g/mol. The molecule has 0 spiro atoms. The fourth-order valence-corrected chi connectivity index (χ4v) is 2.36. The van der Waals surface area contributed by atoms with Crippen LogP contribution in [0, 0.1) is 0 Å². The molecule has 0 aliphatic carbocycles. The fourth-order valence-electron chi connectivity index (χ4n) is 0.987. The van der Waals surface area contributed by atoms with Crippen LogP contribution in [-0.4, -0.2) is 27.1 Å². The summed E-state index contributed by atoms with van der Waals surface area (Å²) in [4.78, 5) is 11.2. The first-order valence-electron chi connectivity index (χ1n) is 3.90. The number of carbonyl (C=O) groups is 1. The quantitative estimate of drug-likeness (QED) is 0.404. The van der Waals surface area contributed by atoms with Crippen molar-refractivity contribution in [2.45, 2.75) is 13.8 Å².